The van der Waals surface area contributed by atoms with Crippen molar-refractivity contribution < 1.29 is 14.6 Å². The number of fused-ring (bicyclic) bond motifs is 1. The fraction of sp³-hybridized carbons (Fsp3) is 0.368. The van der Waals surface area contributed by atoms with E-state index in [0.717, 1.165) is 31.2 Å². The van der Waals surface area contributed by atoms with Gasteiger partial charge in [0.25, 0.3) is 6.01 Å². The molecule has 0 atom stereocenters. The van der Waals surface area contributed by atoms with Crippen LogP contribution in [-0.2, 0) is 0 Å². The topological polar surface area (TPSA) is 116 Å². The number of aliphatic hydroxyl groups is 1. The lowest BCUT2D eigenvalue weighted by Crippen LogP contribution is -2.21. The summed E-state index contributed by atoms with van der Waals surface area (Å²) in [4.78, 5) is 24.9. The van der Waals surface area contributed by atoms with Crippen molar-refractivity contribution in [3.05, 3.63) is 36.0 Å². The van der Waals surface area contributed by atoms with Crippen molar-refractivity contribution in [3.8, 4) is 17.3 Å². The van der Waals surface area contributed by atoms with Gasteiger partial charge in [-0.1, -0.05) is 12.1 Å². The quantitative estimate of drug-likeness (QED) is 0.729. The number of hydrogen-bond acceptors (Lipinski definition) is 6. The van der Waals surface area contributed by atoms with Crippen molar-refractivity contribution in [2.45, 2.75) is 37.8 Å². The highest BCUT2D eigenvalue weighted by atomic mass is 16.5. The molecule has 2 heterocycles. The SMILES string of the molecule is COc1nc2ncc(-c3ccc(C(N)=O)cc3)nc2n1[C@H]1CC[C@H](O)CC1. The molecule has 0 bridgehead atoms. The zero-order chi connectivity index (χ0) is 19.0. The Hall–Kier alpha value is -3.00. The molecular weight excluding hydrogens is 346 g/mol. The van der Waals surface area contributed by atoms with Crippen LogP contribution in [0.3, 0.4) is 0 Å². The van der Waals surface area contributed by atoms with Crippen LogP contribution in [0.1, 0.15) is 42.1 Å². The summed E-state index contributed by atoms with van der Waals surface area (Å²) in [6.45, 7) is 0. The molecule has 0 saturated heterocycles. The van der Waals surface area contributed by atoms with Crippen molar-refractivity contribution in [3.63, 3.8) is 0 Å². The van der Waals surface area contributed by atoms with Crippen LogP contribution >= 0.6 is 0 Å². The Morgan fingerprint density at radius 1 is 1.19 bits per heavy atom. The molecular formula is C19H21N5O3. The first-order valence-corrected chi connectivity index (χ1v) is 8.94. The van der Waals surface area contributed by atoms with Gasteiger partial charge in [-0.2, -0.15) is 4.98 Å². The Bertz CT molecular complexity index is 975. The molecule has 1 fully saturated rings. The van der Waals surface area contributed by atoms with Crippen molar-refractivity contribution in [2.75, 3.05) is 7.11 Å². The van der Waals surface area contributed by atoms with Crippen LogP contribution in [0.2, 0.25) is 0 Å². The number of aromatic nitrogens is 4. The van der Waals surface area contributed by atoms with Gasteiger partial charge in [0.2, 0.25) is 11.6 Å². The number of primary amides is 1. The van der Waals surface area contributed by atoms with Gasteiger partial charge < -0.3 is 15.6 Å². The average molecular weight is 367 g/mol. The molecule has 3 aromatic rings. The third-order valence-corrected chi connectivity index (χ3v) is 5.05. The maximum absolute atomic E-state index is 11.3. The maximum Gasteiger partial charge on any atom is 0.300 e. The molecule has 0 aliphatic heterocycles. The minimum absolute atomic E-state index is 0.162. The summed E-state index contributed by atoms with van der Waals surface area (Å²) < 4.78 is 7.44. The molecule has 1 saturated carbocycles. The molecule has 1 aliphatic carbocycles. The number of aliphatic hydroxyl groups excluding tert-OH is 1. The summed E-state index contributed by atoms with van der Waals surface area (Å²) in [5.74, 6) is -0.467. The fourth-order valence-corrected chi connectivity index (χ4v) is 3.58. The minimum atomic E-state index is -0.467. The van der Waals surface area contributed by atoms with E-state index < -0.39 is 5.91 Å². The van der Waals surface area contributed by atoms with Gasteiger partial charge in [-0.25, -0.2) is 9.97 Å². The summed E-state index contributed by atoms with van der Waals surface area (Å²) in [6.07, 6.45) is 4.57. The number of nitrogens with zero attached hydrogens (tertiary/aromatic N) is 4. The Kier molecular flexibility index (Phi) is 4.49. The smallest absolute Gasteiger partial charge is 0.300 e. The molecule has 4 rings (SSSR count). The van der Waals surface area contributed by atoms with Crippen LogP contribution in [0.25, 0.3) is 22.6 Å². The van der Waals surface area contributed by atoms with Crippen LogP contribution in [0.5, 0.6) is 6.01 Å². The highest BCUT2D eigenvalue weighted by molar-refractivity contribution is 5.93. The summed E-state index contributed by atoms with van der Waals surface area (Å²) >= 11 is 0. The predicted molar refractivity (Wildman–Crippen MR) is 99.3 cm³/mol. The van der Waals surface area contributed by atoms with Gasteiger partial charge in [-0.3, -0.25) is 9.36 Å². The van der Waals surface area contributed by atoms with E-state index in [1.807, 2.05) is 4.57 Å². The first-order chi connectivity index (χ1) is 13.1. The van der Waals surface area contributed by atoms with Gasteiger partial charge in [0, 0.05) is 17.2 Å². The summed E-state index contributed by atoms with van der Waals surface area (Å²) in [5.41, 5.74) is 8.43. The molecule has 0 unspecified atom stereocenters. The molecule has 2 aromatic heterocycles. The lowest BCUT2D eigenvalue weighted by Gasteiger charge is -2.27. The second kappa shape index (κ2) is 6.96. The van der Waals surface area contributed by atoms with E-state index >= 15 is 0 Å². The summed E-state index contributed by atoms with van der Waals surface area (Å²) in [5, 5.41) is 9.80. The molecule has 1 aliphatic rings. The second-order valence-electron chi connectivity index (χ2n) is 6.77. The average Bonchev–Trinajstić information content (AvgIpc) is 3.06. The number of nitrogens with two attached hydrogens (primary N) is 1. The maximum atomic E-state index is 11.3. The van der Waals surface area contributed by atoms with Crippen LogP contribution in [0.4, 0.5) is 0 Å². The molecule has 0 radical (unpaired) electrons. The van der Waals surface area contributed by atoms with Crippen LogP contribution < -0.4 is 10.5 Å². The molecule has 8 heteroatoms. The third kappa shape index (κ3) is 3.23. The largest absolute Gasteiger partial charge is 0.468 e. The van der Waals surface area contributed by atoms with Crippen molar-refractivity contribution >= 4 is 17.2 Å². The number of imidazole rings is 1. The van der Waals surface area contributed by atoms with Gasteiger partial charge in [-0.15, -0.1) is 0 Å². The lowest BCUT2D eigenvalue weighted by atomic mass is 9.93. The predicted octanol–water partition coefficient (Wildman–Crippen LogP) is 2.08. The number of hydrogen-bond donors (Lipinski definition) is 2. The molecule has 140 valence electrons. The summed E-state index contributed by atoms with van der Waals surface area (Å²) in [7, 11) is 1.58. The van der Waals surface area contributed by atoms with Crippen molar-refractivity contribution in [1.82, 2.24) is 19.5 Å². The standard InChI is InChI=1S/C19H21N5O3/c1-27-19-23-17-18(24(19)13-6-8-14(25)9-7-13)22-15(10-21-17)11-2-4-12(5-3-11)16(20)26/h2-5,10,13-14,25H,6-9H2,1H3,(H2,20,26)/t13-,14-. The number of rotatable bonds is 4. The van der Waals surface area contributed by atoms with Gasteiger partial charge in [0.05, 0.1) is 25.1 Å². The van der Waals surface area contributed by atoms with E-state index in [-0.39, 0.29) is 12.1 Å². The van der Waals surface area contributed by atoms with E-state index in [1.165, 1.54) is 0 Å². The van der Waals surface area contributed by atoms with Gasteiger partial charge in [0.1, 0.15) is 0 Å². The van der Waals surface area contributed by atoms with E-state index in [4.69, 9.17) is 15.5 Å². The van der Waals surface area contributed by atoms with Crippen LogP contribution in [-0.4, -0.2) is 43.7 Å². The van der Waals surface area contributed by atoms with E-state index in [9.17, 15) is 9.90 Å². The first kappa shape index (κ1) is 17.4. The van der Waals surface area contributed by atoms with Crippen LogP contribution in [0, 0.1) is 0 Å². The van der Waals surface area contributed by atoms with Crippen LogP contribution in [0.15, 0.2) is 30.5 Å². The third-order valence-electron chi connectivity index (χ3n) is 5.05. The molecule has 0 spiro atoms. The van der Waals surface area contributed by atoms with Gasteiger partial charge in [0.15, 0.2) is 5.65 Å². The van der Waals surface area contributed by atoms with Gasteiger partial charge >= 0.3 is 0 Å². The van der Waals surface area contributed by atoms with E-state index in [2.05, 4.69) is 9.97 Å². The van der Waals surface area contributed by atoms with Crippen molar-refractivity contribution in [2.24, 2.45) is 5.73 Å². The number of carbonyl (C=O) groups excluding carboxylic acids is 1. The monoisotopic (exact) mass is 367 g/mol. The number of carbonyl (C=O) groups is 1. The Labute approximate surface area is 156 Å². The van der Waals surface area contributed by atoms with Crippen molar-refractivity contribution in [1.29, 1.82) is 0 Å². The Morgan fingerprint density at radius 3 is 2.52 bits per heavy atom. The number of ether oxygens (including phenoxy) is 1. The van der Waals surface area contributed by atoms with E-state index in [1.54, 1.807) is 37.6 Å². The second-order valence-corrected chi connectivity index (χ2v) is 6.77. The zero-order valence-electron chi connectivity index (χ0n) is 15.0. The highest BCUT2D eigenvalue weighted by Gasteiger charge is 2.26. The Morgan fingerprint density at radius 2 is 1.89 bits per heavy atom. The molecule has 27 heavy (non-hydrogen) atoms. The number of methoxy groups -OCH3 is 1. The lowest BCUT2D eigenvalue weighted by molar-refractivity contribution is 0.1000. The highest BCUT2D eigenvalue weighted by Crippen LogP contribution is 2.34. The molecule has 1 amide bonds. The minimum Gasteiger partial charge on any atom is -0.468 e. The summed E-state index contributed by atoms with van der Waals surface area (Å²) in [6, 6.07) is 7.58. The fourth-order valence-electron chi connectivity index (χ4n) is 3.58. The zero-order valence-corrected chi connectivity index (χ0v) is 15.0. The first-order valence-electron chi connectivity index (χ1n) is 8.94. The number of benzene rings is 1. The Balaban J connectivity index is 1.76. The van der Waals surface area contributed by atoms with Gasteiger partial charge in [-0.05, 0) is 37.8 Å². The molecule has 3 N–H and O–H groups in total. The molecule has 1 aromatic carbocycles. The number of amides is 1. The van der Waals surface area contributed by atoms with E-state index in [0.29, 0.717) is 28.6 Å². The normalized spacial score (nSPS) is 19.9. The molecule has 8 nitrogen and oxygen atoms in total.